The van der Waals surface area contributed by atoms with E-state index in [9.17, 15) is 0 Å². The molecule has 2 heteroatoms. The average Bonchev–Trinajstić information content (AvgIpc) is 2.28. The fraction of sp³-hybridized carbons (Fsp3) is 0.300. The smallest absolute Gasteiger partial charge is 0.0299 e. The van der Waals surface area contributed by atoms with E-state index >= 15 is 0 Å². The van der Waals surface area contributed by atoms with Gasteiger partial charge in [0.1, 0.15) is 0 Å². The molecule has 0 saturated carbocycles. The predicted molar refractivity (Wildman–Crippen MR) is 52.3 cm³/mol. The number of hydrogen-bond acceptors (Lipinski definition) is 2. The van der Waals surface area contributed by atoms with E-state index in [4.69, 9.17) is 0 Å². The Morgan fingerprint density at radius 1 is 1.08 bits per heavy atom. The van der Waals surface area contributed by atoms with Crippen LogP contribution in [0.1, 0.15) is 5.56 Å². The second kappa shape index (κ2) is 2.41. The Kier molecular flexibility index (Phi) is 1.50. The van der Waals surface area contributed by atoms with Crippen LogP contribution in [0.15, 0.2) is 18.2 Å². The SMILES string of the molecule is Cc1ccc2c(c1)N(C)[CH-]N2C. The van der Waals surface area contributed by atoms with Gasteiger partial charge in [0.15, 0.2) is 0 Å². The Hall–Kier alpha value is -1.18. The molecule has 2 rings (SSSR count). The van der Waals surface area contributed by atoms with Gasteiger partial charge in [-0.15, -0.1) is 0 Å². The lowest BCUT2D eigenvalue weighted by Gasteiger charge is -2.26. The first kappa shape index (κ1) is 7.47. The van der Waals surface area contributed by atoms with Crippen molar-refractivity contribution in [2.24, 2.45) is 0 Å². The standard InChI is InChI=1S/C10H13N2/c1-8-4-5-9-10(6-8)12(3)7-11(9)2/h4-7H,1-3H3/q-1. The number of fused-ring (bicyclic) bond motifs is 1. The monoisotopic (exact) mass is 161 g/mol. The van der Waals surface area contributed by atoms with Crippen LogP contribution in [-0.2, 0) is 0 Å². The van der Waals surface area contributed by atoms with Crippen molar-refractivity contribution in [1.82, 2.24) is 0 Å². The van der Waals surface area contributed by atoms with Gasteiger partial charge < -0.3 is 9.80 Å². The van der Waals surface area contributed by atoms with E-state index in [0.29, 0.717) is 0 Å². The quantitative estimate of drug-likeness (QED) is 0.537. The Labute approximate surface area is 73.4 Å². The summed E-state index contributed by atoms with van der Waals surface area (Å²) in [7, 11) is 4.14. The van der Waals surface area contributed by atoms with Crippen molar-refractivity contribution in [3.05, 3.63) is 30.4 Å². The molecule has 0 amide bonds. The molecule has 0 spiro atoms. The highest BCUT2D eigenvalue weighted by atomic mass is 15.3. The van der Waals surface area contributed by atoms with Crippen LogP contribution < -0.4 is 9.80 Å². The molecule has 0 unspecified atom stereocenters. The number of benzene rings is 1. The lowest BCUT2D eigenvalue weighted by Crippen LogP contribution is -2.16. The lowest BCUT2D eigenvalue weighted by atomic mass is 10.2. The van der Waals surface area contributed by atoms with Crippen molar-refractivity contribution in [2.45, 2.75) is 6.92 Å². The molecular weight excluding hydrogens is 148 g/mol. The van der Waals surface area contributed by atoms with Gasteiger partial charge in [0.05, 0.1) is 0 Å². The van der Waals surface area contributed by atoms with Gasteiger partial charge in [-0.25, -0.2) is 0 Å². The molecule has 1 heterocycles. The molecule has 0 radical (unpaired) electrons. The summed E-state index contributed by atoms with van der Waals surface area (Å²) >= 11 is 0. The van der Waals surface area contributed by atoms with Crippen molar-refractivity contribution in [3.8, 4) is 0 Å². The molecular formula is C10H13N2-. The van der Waals surface area contributed by atoms with Crippen LogP contribution in [0.2, 0.25) is 0 Å². The van der Waals surface area contributed by atoms with E-state index in [-0.39, 0.29) is 0 Å². The average molecular weight is 161 g/mol. The molecule has 0 aliphatic carbocycles. The molecule has 64 valence electrons. The van der Waals surface area contributed by atoms with Gasteiger partial charge in [0, 0.05) is 11.4 Å². The lowest BCUT2D eigenvalue weighted by molar-refractivity contribution is 1.04. The number of hydrogen-bond donors (Lipinski definition) is 0. The van der Waals surface area contributed by atoms with Gasteiger partial charge >= 0.3 is 0 Å². The summed E-state index contributed by atoms with van der Waals surface area (Å²) < 4.78 is 0. The number of anilines is 2. The van der Waals surface area contributed by atoms with Crippen LogP contribution in [0.25, 0.3) is 0 Å². The predicted octanol–water partition coefficient (Wildman–Crippen LogP) is 2.00. The molecule has 1 aliphatic rings. The zero-order valence-corrected chi connectivity index (χ0v) is 7.70. The maximum Gasteiger partial charge on any atom is 0.0299 e. The molecule has 0 bridgehead atoms. The third-order valence-electron chi connectivity index (χ3n) is 2.24. The number of aryl methyl sites for hydroxylation is 1. The first-order valence-electron chi connectivity index (χ1n) is 4.10. The highest BCUT2D eigenvalue weighted by molar-refractivity contribution is 5.78. The minimum atomic E-state index is 1.28. The molecule has 0 saturated heterocycles. The summed E-state index contributed by atoms with van der Waals surface area (Å²) in [5.74, 6) is 0. The zero-order valence-electron chi connectivity index (χ0n) is 7.70. The highest BCUT2D eigenvalue weighted by Gasteiger charge is 2.10. The Balaban J connectivity index is 2.53. The second-order valence-corrected chi connectivity index (χ2v) is 3.33. The van der Waals surface area contributed by atoms with Gasteiger partial charge in [-0.2, -0.15) is 6.67 Å². The summed E-state index contributed by atoms with van der Waals surface area (Å²) in [6.07, 6.45) is 0. The van der Waals surface area contributed by atoms with Crippen LogP contribution in [-0.4, -0.2) is 14.1 Å². The van der Waals surface area contributed by atoms with Crippen LogP contribution in [0.4, 0.5) is 11.4 Å². The van der Waals surface area contributed by atoms with Crippen LogP contribution >= 0.6 is 0 Å². The molecule has 0 aromatic heterocycles. The van der Waals surface area contributed by atoms with Crippen molar-refractivity contribution < 1.29 is 0 Å². The van der Waals surface area contributed by atoms with E-state index in [1.54, 1.807) is 0 Å². The van der Waals surface area contributed by atoms with Crippen LogP contribution in [0.3, 0.4) is 0 Å². The van der Waals surface area contributed by atoms with Gasteiger partial charge in [0.25, 0.3) is 0 Å². The largest absolute Gasteiger partial charge is 0.504 e. The third-order valence-corrected chi connectivity index (χ3v) is 2.24. The van der Waals surface area contributed by atoms with E-state index in [1.807, 2.05) is 0 Å². The van der Waals surface area contributed by atoms with E-state index in [2.05, 4.69) is 55.7 Å². The maximum atomic E-state index is 2.20. The van der Waals surface area contributed by atoms with Crippen molar-refractivity contribution >= 4 is 11.4 Å². The van der Waals surface area contributed by atoms with Crippen LogP contribution in [0.5, 0.6) is 0 Å². The van der Waals surface area contributed by atoms with Gasteiger partial charge in [-0.3, -0.25) is 0 Å². The molecule has 0 atom stereocenters. The minimum Gasteiger partial charge on any atom is -0.504 e. The van der Waals surface area contributed by atoms with E-state index < -0.39 is 0 Å². The Bertz CT molecular complexity index is 307. The summed E-state index contributed by atoms with van der Waals surface area (Å²) in [6, 6.07) is 6.50. The number of nitrogens with zero attached hydrogens (tertiary/aromatic N) is 2. The topological polar surface area (TPSA) is 6.48 Å². The van der Waals surface area contributed by atoms with Gasteiger partial charge in [0.2, 0.25) is 0 Å². The summed E-state index contributed by atoms with van der Waals surface area (Å²) in [4.78, 5) is 4.27. The molecule has 0 N–H and O–H groups in total. The van der Waals surface area contributed by atoms with E-state index in [0.717, 1.165) is 0 Å². The normalized spacial score (nSPS) is 15.2. The first-order valence-corrected chi connectivity index (χ1v) is 4.10. The molecule has 1 aromatic carbocycles. The van der Waals surface area contributed by atoms with Crippen LogP contribution in [0, 0.1) is 13.6 Å². The molecule has 1 aromatic rings. The number of rotatable bonds is 0. The van der Waals surface area contributed by atoms with E-state index in [1.165, 1.54) is 16.9 Å². The fourth-order valence-corrected chi connectivity index (χ4v) is 1.60. The zero-order chi connectivity index (χ0) is 8.72. The Morgan fingerprint density at radius 2 is 1.75 bits per heavy atom. The molecule has 12 heavy (non-hydrogen) atoms. The van der Waals surface area contributed by atoms with Crippen molar-refractivity contribution in [2.75, 3.05) is 23.9 Å². The second-order valence-electron chi connectivity index (χ2n) is 3.33. The first-order chi connectivity index (χ1) is 5.68. The summed E-state index contributed by atoms with van der Waals surface area (Å²) in [6.45, 7) is 4.20. The summed E-state index contributed by atoms with van der Waals surface area (Å²) in [5, 5.41) is 0. The van der Waals surface area contributed by atoms with Gasteiger partial charge in [-0.1, -0.05) is 6.07 Å². The minimum absolute atomic E-state index is 1.28. The molecule has 2 nitrogen and oxygen atoms in total. The van der Waals surface area contributed by atoms with Crippen molar-refractivity contribution in [3.63, 3.8) is 0 Å². The Morgan fingerprint density at radius 3 is 2.50 bits per heavy atom. The van der Waals surface area contributed by atoms with Crippen molar-refractivity contribution in [1.29, 1.82) is 0 Å². The fourth-order valence-electron chi connectivity index (χ4n) is 1.60. The maximum absolute atomic E-state index is 2.20. The molecule has 1 aliphatic heterocycles. The highest BCUT2D eigenvalue weighted by Crippen LogP contribution is 2.36. The van der Waals surface area contributed by atoms with Gasteiger partial charge in [-0.05, 0) is 38.7 Å². The molecule has 0 fully saturated rings. The third kappa shape index (κ3) is 0.951. The summed E-state index contributed by atoms with van der Waals surface area (Å²) in [5.41, 5.74) is 3.88.